The van der Waals surface area contributed by atoms with E-state index in [-0.39, 0.29) is 6.54 Å². The Morgan fingerprint density at radius 2 is 1.41 bits per heavy atom. The number of aliphatic hydroxyl groups is 2. The first-order chi connectivity index (χ1) is 14.9. The molecule has 1 fully saturated rings. The number of amides is 1. The van der Waals surface area contributed by atoms with Crippen LogP contribution in [0.4, 0.5) is 13.2 Å². The van der Waals surface area contributed by atoms with Crippen molar-refractivity contribution in [1.82, 2.24) is 4.90 Å². The van der Waals surface area contributed by atoms with Crippen LogP contribution in [0.1, 0.15) is 24.0 Å². The average molecular weight is 454 g/mol. The summed E-state index contributed by atoms with van der Waals surface area (Å²) in [6, 6.07) is 18.4. The summed E-state index contributed by atoms with van der Waals surface area (Å²) in [4.78, 5) is 22.8. The molecule has 1 aliphatic heterocycles. The third kappa shape index (κ3) is 6.28. The maximum Gasteiger partial charge on any atom is 0.490 e. The number of carboxylic acids is 1. The summed E-state index contributed by atoms with van der Waals surface area (Å²) in [7, 11) is 0. The van der Waals surface area contributed by atoms with E-state index in [4.69, 9.17) is 15.6 Å². The lowest BCUT2D eigenvalue weighted by Crippen LogP contribution is -2.53. The third-order valence-electron chi connectivity index (χ3n) is 5.35. The number of nitrogens with zero attached hydrogens (tertiary/aromatic N) is 1. The molecular formula is C22H25F3N2O5. The molecule has 0 aromatic heterocycles. The van der Waals surface area contributed by atoms with Crippen LogP contribution in [0.3, 0.4) is 0 Å². The minimum absolute atomic E-state index is 0.122. The molecule has 32 heavy (non-hydrogen) atoms. The standard InChI is InChI=1S/C20H24N2O3.C2HF3O2/c21-18(23)20(25,17-9-5-2-6-10-17)15-22-13-11-19(24,12-14-22)16-7-3-1-4-8-16;3-2(4,5)1(6)7/h1-10,24-25H,11-15H2,(H2,21,23);(H,6,7). The highest BCUT2D eigenvalue weighted by molar-refractivity contribution is 5.85. The van der Waals surface area contributed by atoms with Gasteiger partial charge in [-0.3, -0.25) is 9.69 Å². The fraction of sp³-hybridized carbons (Fsp3) is 0.364. The Morgan fingerprint density at radius 3 is 1.81 bits per heavy atom. The van der Waals surface area contributed by atoms with E-state index in [9.17, 15) is 28.2 Å². The van der Waals surface area contributed by atoms with Crippen LogP contribution in [0, 0.1) is 0 Å². The van der Waals surface area contributed by atoms with Crippen LogP contribution in [0.15, 0.2) is 60.7 Å². The van der Waals surface area contributed by atoms with E-state index < -0.39 is 29.3 Å². The fourth-order valence-electron chi connectivity index (χ4n) is 3.47. The highest BCUT2D eigenvalue weighted by Gasteiger charge is 2.41. The second-order valence-corrected chi connectivity index (χ2v) is 7.57. The van der Waals surface area contributed by atoms with E-state index in [0.29, 0.717) is 31.5 Å². The van der Waals surface area contributed by atoms with E-state index in [0.717, 1.165) is 5.56 Å². The fourth-order valence-corrected chi connectivity index (χ4v) is 3.47. The third-order valence-corrected chi connectivity index (χ3v) is 5.35. The monoisotopic (exact) mass is 454 g/mol. The summed E-state index contributed by atoms with van der Waals surface area (Å²) in [5.74, 6) is -3.52. The first-order valence-corrected chi connectivity index (χ1v) is 9.77. The van der Waals surface area contributed by atoms with Crippen molar-refractivity contribution >= 4 is 11.9 Å². The summed E-state index contributed by atoms with van der Waals surface area (Å²) >= 11 is 0. The molecule has 5 N–H and O–H groups in total. The van der Waals surface area contributed by atoms with E-state index in [1.54, 1.807) is 24.3 Å². The number of alkyl halides is 3. The molecule has 1 heterocycles. The molecular weight excluding hydrogens is 429 g/mol. The van der Waals surface area contributed by atoms with Gasteiger partial charge in [0.15, 0.2) is 5.60 Å². The van der Waals surface area contributed by atoms with Crippen molar-refractivity contribution in [2.75, 3.05) is 19.6 Å². The van der Waals surface area contributed by atoms with Gasteiger partial charge in [0, 0.05) is 19.6 Å². The number of β-amino-alcohol motifs (C(OH)–C–C–N with tert-alkyl or cyclic N) is 1. The molecule has 2 aromatic rings. The van der Waals surface area contributed by atoms with Crippen molar-refractivity contribution in [3.05, 3.63) is 71.8 Å². The Kier molecular flexibility index (Phi) is 8.00. The number of carbonyl (C=O) groups excluding carboxylic acids is 1. The van der Waals surface area contributed by atoms with Crippen molar-refractivity contribution in [3.8, 4) is 0 Å². The SMILES string of the molecule is NC(=O)C(O)(CN1CCC(O)(c2ccccc2)CC1)c1ccccc1.O=C(O)C(F)(F)F. The second-order valence-electron chi connectivity index (χ2n) is 7.57. The van der Waals surface area contributed by atoms with Gasteiger partial charge in [-0.25, -0.2) is 4.79 Å². The Labute approximate surface area is 182 Å². The highest BCUT2D eigenvalue weighted by atomic mass is 19.4. The molecule has 2 aromatic carbocycles. The van der Waals surface area contributed by atoms with Gasteiger partial charge in [0.05, 0.1) is 5.60 Å². The van der Waals surface area contributed by atoms with Crippen molar-refractivity contribution in [1.29, 1.82) is 0 Å². The molecule has 0 bridgehead atoms. The minimum Gasteiger partial charge on any atom is -0.475 e. The predicted octanol–water partition coefficient (Wildman–Crippen LogP) is 1.98. The minimum atomic E-state index is -5.08. The van der Waals surface area contributed by atoms with Gasteiger partial charge in [0.25, 0.3) is 5.91 Å². The number of primary amides is 1. The Morgan fingerprint density at radius 1 is 0.969 bits per heavy atom. The summed E-state index contributed by atoms with van der Waals surface area (Å²) in [5, 5.41) is 28.9. The van der Waals surface area contributed by atoms with Gasteiger partial charge in [0.2, 0.25) is 0 Å². The maximum atomic E-state index is 11.9. The van der Waals surface area contributed by atoms with Crippen LogP contribution in [-0.2, 0) is 20.8 Å². The highest BCUT2D eigenvalue weighted by Crippen LogP contribution is 2.34. The maximum absolute atomic E-state index is 11.9. The molecule has 0 radical (unpaired) electrons. The first-order valence-electron chi connectivity index (χ1n) is 9.77. The van der Waals surface area contributed by atoms with Crippen LogP contribution in [0.2, 0.25) is 0 Å². The molecule has 174 valence electrons. The number of piperidine rings is 1. The number of nitrogens with two attached hydrogens (primary N) is 1. The molecule has 3 rings (SSSR count). The summed E-state index contributed by atoms with van der Waals surface area (Å²) in [6.45, 7) is 1.28. The molecule has 1 aliphatic rings. The number of hydrogen-bond acceptors (Lipinski definition) is 5. The molecule has 1 saturated heterocycles. The van der Waals surface area contributed by atoms with Crippen LogP contribution < -0.4 is 5.73 Å². The van der Waals surface area contributed by atoms with E-state index in [1.807, 2.05) is 41.3 Å². The summed E-state index contributed by atoms with van der Waals surface area (Å²) < 4.78 is 31.7. The van der Waals surface area contributed by atoms with Crippen LogP contribution in [0.5, 0.6) is 0 Å². The van der Waals surface area contributed by atoms with E-state index >= 15 is 0 Å². The van der Waals surface area contributed by atoms with Crippen LogP contribution >= 0.6 is 0 Å². The van der Waals surface area contributed by atoms with Gasteiger partial charge in [-0.2, -0.15) is 13.2 Å². The number of rotatable bonds is 5. The van der Waals surface area contributed by atoms with Gasteiger partial charge < -0.3 is 21.1 Å². The second kappa shape index (κ2) is 10.1. The predicted molar refractivity (Wildman–Crippen MR) is 109 cm³/mol. The first kappa shape index (κ1) is 25.3. The average Bonchev–Trinajstić information content (AvgIpc) is 2.76. The Balaban J connectivity index is 0.000000451. The number of halogens is 3. The van der Waals surface area contributed by atoms with E-state index in [1.165, 1.54) is 0 Å². The van der Waals surface area contributed by atoms with Crippen molar-refractivity contribution < 1.29 is 38.1 Å². The Hall–Kier alpha value is -2.95. The zero-order valence-electron chi connectivity index (χ0n) is 17.1. The van der Waals surface area contributed by atoms with Gasteiger partial charge in [-0.15, -0.1) is 0 Å². The lowest BCUT2D eigenvalue weighted by molar-refractivity contribution is -0.192. The van der Waals surface area contributed by atoms with Crippen LogP contribution in [-0.4, -0.2) is 57.9 Å². The van der Waals surface area contributed by atoms with Crippen LogP contribution in [0.25, 0.3) is 0 Å². The summed E-state index contributed by atoms with van der Waals surface area (Å²) in [5.41, 5.74) is 4.30. The molecule has 0 spiro atoms. The smallest absolute Gasteiger partial charge is 0.475 e. The van der Waals surface area contributed by atoms with E-state index in [2.05, 4.69) is 0 Å². The molecule has 0 saturated carbocycles. The normalized spacial score (nSPS) is 18.0. The molecule has 1 unspecified atom stereocenters. The number of likely N-dealkylation sites (tertiary alicyclic amines) is 1. The molecule has 10 heteroatoms. The lowest BCUT2D eigenvalue weighted by Gasteiger charge is -2.41. The zero-order valence-corrected chi connectivity index (χ0v) is 17.1. The molecule has 7 nitrogen and oxygen atoms in total. The molecule has 0 aliphatic carbocycles. The quantitative estimate of drug-likeness (QED) is 0.548. The van der Waals surface area contributed by atoms with Gasteiger partial charge in [-0.1, -0.05) is 60.7 Å². The largest absolute Gasteiger partial charge is 0.490 e. The number of carboxylic acid groups (broad SMARTS) is 1. The number of carbonyl (C=O) groups is 2. The number of benzene rings is 2. The van der Waals surface area contributed by atoms with Gasteiger partial charge in [0.1, 0.15) is 0 Å². The van der Waals surface area contributed by atoms with Gasteiger partial charge in [-0.05, 0) is 24.0 Å². The Bertz CT molecular complexity index is 901. The van der Waals surface area contributed by atoms with Crippen molar-refractivity contribution in [3.63, 3.8) is 0 Å². The van der Waals surface area contributed by atoms with Crippen molar-refractivity contribution in [2.24, 2.45) is 5.73 Å². The lowest BCUT2D eigenvalue weighted by atomic mass is 9.83. The molecule has 1 atom stereocenters. The van der Waals surface area contributed by atoms with Gasteiger partial charge >= 0.3 is 12.1 Å². The zero-order chi connectivity index (χ0) is 24.0. The number of hydrogen-bond donors (Lipinski definition) is 4. The number of aliphatic carboxylic acids is 1. The van der Waals surface area contributed by atoms with Crippen molar-refractivity contribution in [2.45, 2.75) is 30.2 Å². The summed E-state index contributed by atoms with van der Waals surface area (Å²) in [6.07, 6.45) is -4.00. The molecule has 1 amide bonds. The topological polar surface area (TPSA) is 124 Å².